The number of carboxylic acid groups (broad SMARTS) is 1. The molecule has 0 saturated heterocycles. The van der Waals surface area contributed by atoms with Crippen molar-refractivity contribution < 1.29 is 19.4 Å². The van der Waals surface area contributed by atoms with Crippen LogP contribution >= 0.6 is 11.8 Å². The third-order valence-electron chi connectivity index (χ3n) is 2.18. The molecular formula is C12H15NO4S. The molecular weight excluding hydrogens is 254 g/mol. The average molecular weight is 269 g/mol. The molecule has 1 aromatic carbocycles. The van der Waals surface area contributed by atoms with Crippen LogP contribution in [0.15, 0.2) is 23.2 Å². The van der Waals surface area contributed by atoms with E-state index < -0.39 is 5.97 Å². The number of ether oxygens (including phenoxy) is 2. The molecule has 1 N–H and O–H groups in total. The quantitative estimate of drug-likeness (QED) is 0.653. The Balaban J connectivity index is 3.07. The number of benzene rings is 1. The van der Waals surface area contributed by atoms with E-state index in [-0.39, 0.29) is 6.54 Å². The first-order valence-electron chi connectivity index (χ1n) is 5.15. The van der Waals surface area contributed by atoms with E-state index >= 15 is 0 Å². The second-order valence-electron chi connectivity index (χ2n) is 3.29. The van der Waals surface area contributed by atoms with Crippen molar-refractivity contribution >= 4 is 22.8 Å². The Morgan fingerprint density at radius 1 is 1.33 bits per heavy atom. The van der Waals surface area contributed by atoms with Crippen LogP contribution in [0.2, 0.25) is 0 Å². The molecule has 0 aliphatic heterocycles. The van der Waals surface area contributed by atoms with Crippen molar-refractivity contribution in [1.82, 2.24) is 0 Å². The minimum Gasteiger partial charge on any atom is -0.493 e. The molecule has 18 heavy (non-hydrogen) atoms. The van der Waals surface area contributed by atoms with Gasteiger partial charge in [-0.3, -0.25) is 9.79 Å². The van der Waals surface area contributed by atoms with Crippen molar-refractivity contribution in [2.45, 2.75) is 0 Å². The summed E-state index contributed by atoms with van der Waals surface area (Å²) in [4.78, 5) is 14.5. The van der Waals surface area contributed by atoms with Gasteiger partial charge in [0.15, 0.2) is 11.5 Å². The summed E-state index contributed by atoms with van der Waals surface area (Å²) in [7, 11) is 3.11. The summed E-state index contributed by atoms with van der Waals surface area (Å²) in [6.07, 6.45) is 1.84. The summed E-state index contributed by atoms with van der Waals surface area (Å²) in [6, 6.07) is 5.36. The molecule has 0 spiro atoms. The second-order valence-corrected chi connectivity index (χ2v) is 4.08. The van der Waals surface area contributed by atoms with Crippen LogP contribution in [-0.4, -0.2) is 43.1 Å². The van der Waals surface area contributed by atoms with E-state index in [9.17, 15) is 4.79 Å². The lowest BCUT2D eigenvalue weighted by Crippen LogP contribution is -2.04. The maximum absolute atomic E-state index is 10.5. The minimum atomic E-state index is -0.956. The van der Waals surface area contributed by atoms with Gasteiger partial charge in [0, 0.05) is 5.56 Å². The molecule has 0 radical (unpaired) electrons. The first kappa shape index (κ1) is 14.4. The fraction of sp³-hybridized carbons (Fsp3) is 0.333. The number of hydrogen-bond acceptors (Lipinski definition) is 5. The van der Waals surface area contributed by atoms with Crippen LogP contribution in [0.3, 0.4) is 0 Å². The summed E-state index contributed by atoms with van der Waals surface area (Å²) in [5, 5.41) is 9.28. The number of methoxy groups -OCH3 is 2. The zero-order valence-corrected chi connectivity index (χ0v) is 11.3. The van der Waals surface area contributed by atoms with Gasteiger partial charge in [-0.15, -0.1) is 11.8 Å². The standard InChI is InChI=1S/C12H15NO4S/c1-16-9-5-4-8(6-10(9)17-2)12(18-3)13-7-11(14)15/h4-6H,7H2,1-3H3,(H,14,15). The molecule has 0 bridgehead atoms. The van der Waals surface area contributed by atoms with Crippen molar-refractivity contribution in [2.75, 3.05) is 27.0 Å². The zero-order chi connectivity index (χ0) is 13.5. The predicted octanol–water partition coefficient (Wildman–Crippen LogP) is 1.90. The lowest BCUT2D eigenvalue weighted by Gasteiger charge is -2.10. The highest BCUT2D eigenvalue weighted by Crippen LogP contribution is 2.28. The number of rotatable bonds is 5. The van der Waals surface area contributed by atoms with E-state index in [1.54, 1.807) is 26.4 Å². The topological polar surface area (TPSA) is 68.1 Å². The molecule has 1 aromatic rings. The highest BCUT2D eigenvalue weighted by Gasteiger charge is 2.09. The van der Waals surface area contributed by atoms with Gasteiger partial charge in [0.25, 0.3) is 0 Å². The monoisotopic (exact) mass is 269 g/mol. The second kappa shape index (κ2) is 6.90. The Labute approximate surface area is 110 Å². The summed E-state index contributed by atoms with van der Waals surface area (Å²) in [5.74, 6) is 0.258. The molecule has 98 valence electrons. The first-order chi connectivity index (χ1) is 8.62. The normalized spacial score (nSPS) is 11.2. The maximum Gasteiger partial charge on any atom is 0.325 e. The molecule has 0 unspecified atom stereocenters. The largest absolute Gasteiger partial charge is 0.493 e. The van der Waals surface area contributed by atoms with Crippen molar-refractivity contribution in [3.63, 3.8) is 0 Å². The van der Waals surface area contributed by atoms with Crippen LogP contribution in [0.4, 0.5) is 0 Å². The SMILES string of the molecule is COc1ccc(C(=NCC(=O)O)SC)cc1OC. The highest BCUT2D eigenvalue weighted by atomic mass is 32.2. The van der Waals surface area contributed by atoms with Crippen LogP contribution in [-0.2, 0) is 4.79 Å². The molecule has 0 aliphatic carbocycles. The lowest BCUT2D eigenvalue weighted by molar-refractivity contribution is -0.135. The van der Waals surface area contributed by atoms with Gasteiger partial charge < -0.3 is 14.6 Å². The number of thioether (sulfide) groups is 1. The third kappa shape index (κ3) is 3.66. The van der Waals surface area contributed by atoms with Crippen LogP contribution in [0.5, 0.6) is 11.5 Å². The van der Waals surface area contributed by atoms with Crippen LogP contribution < -0.4 is 9.47 Å². The molecule has 5 nitrogen and oxygen atoms in total. The van der Waals surface area contributed by atoms with Crippen LogP contribution in [0.25, 0.3) is 0 Å². The molecule has 0 aromatic heterocycles. The summed E-state index contributed by atoms with van der Waals surface area (Å²) < 4.78 is 10.3. The van der Waals surface area contributed by atoms with E-state index in [4.69, 9.17) is 14.6 Å². The molecule has 6 heteroatoms. The van der Waals surface area contributed by atoms with Crippen molar-refractivity contribution in [2.24, 2.45) is 4.99 Å². The van der Waals surface area contributed by atoms with Gasteiger partial charge in [-0.2, -0.15) is 0 Å². The number of nitrogens with zero attached hydrogens (tertiary/aromatic N) is 1. The van der Waals surface area contributed by atoms with E-state index in [1.807, 2.05) is 12.3 Å². The molecule has 0 atom stereocenters. The van der Waals surface area contributed by atoms with E-state index in [2.05, 4.69) is 4.99 Å². The average Bonchev–Trinajstić information content (AvgIpc) is 2.38. The number of hydrogen-bond donors (Lipinski definition) is 1. The van der Waals surface area contributed by atoms with Crippen molar-refractivity contribution in [3.05, 3.63) is 23.8 Å². The Morgan fingerprint density at radius 3 is 2.50 bits per heavy atom. The summed E-state index contributed by atoms with van der Waals surface area (Å²) >= 11 is 1.39. The maximum atomic E-state index is 10.5. The zero-order valence-electron chi connectivity index (χ0n) is 10.5. The number of aliphatic imine (C=N–C) groups is 1. The van der Waals surface area contributed by atoms with Crippen LogP contribution in [0, 0.1) is 0 Å². The molecule has 0 fully saturated rings. The first-order valence-corrected chi connectivity index (χ1v) is 6.37. The Kier molecular flexibility index (Phi) is 5.51. The Morgan fingerprint density at radius 2 is 2.00 bits per heavy atom. The summed E-state index contributed by atoms with van der Waals surface area (Å²) in [6.45, 7) is -0.246. The fourth-order valence-electron chi connectivity index (χ4n) is 1.38. The van der Waals surface area contributed by atoms with Gasteiger partial charge in [0.05, 0.1) is 19.3 Å². The minimum absolute atomic E-state index is 0.246. The summed E-state index contributed by atoms with van der Waals surface area (Å²) in [5.41, 5.74) is 0.807. The van der Waals surface area contributed by atoms with Crippen LogP contribution in [0.1, 0.15) is 5.56 Å². The Bertz CT molecular complexity index is 459. The Hall–Kier alpha value is -1.69. The number of aliphatic carboxylic acids is 1. The van der Waals surface area contributed by atoms with Crippen molar-refractivity contribution in [3.8, 4) is 11.5 Å². The molecule has 0 heterocycles. The van der Waals surface area contributed by atoms with E-state index in [1.165, 1.54) is 11.8 Å². The van der Waals surface area contributed by atoms with E-state index in [0.717, 1.165) is 5.56 Å². The smallest absolute Gasteiger partial charge is 0.325 e. The van der Waals surface area contributed by atoms with E-state index in [0.29, 0.717) is 16.5 Å². The predicted molar refractivity (Wildman–Crippen MR) is 72.1 cm³/mol. The number of carboxylic acids is 1. The lowest BCUT2D eigenvalue weighted by atomic mass is 10.2. The third-order valence-corrected chi connectivity index (χ3v) is 2.93. The van der Waals surface area contributed by atoms with Gasteiger partial charge in [-0.05, 0) is 24.5 Å². The molecule has 0 aliphatic rings. The molecule has 0 amide bonds. The molecule has 1 rings (SSSR count). The molecule has 0 saturated carbocycles. The van der Waals surface area contributed by atoms with Gasteiger partial charge >= 0.3 is 5.97 Å². The van der Waals surface area contributed by atoms with Gasteiger partial charge in [-0.1, -0.05) is 0 Å². The highest BCUT2D eigenvalue weighted by molar-refractivity contribution is 8.13. The number of carbonyl (C=O) groups is 1. The van der Waals surface area contributed by atoms with Gasteiger partial charge in [0.1, 0.15) is 6.54 Å². The van der Waals surface area contributed by atoms with Gasteiger partial charge in [0.2, 0.25) is 0 Å². The van der Waals surface area contributed by atoms with Crippen molar-refractivity contribution in [1.29, 1.82) is 0 Å². The van der Waals surface area contributed by atoms with Gasteiger partial charge in [-0.25, -0.2) is 0 Å². The fourth-order valence-corrected chi connectivity index (χ4v) is 1.94.